The van der Waals surface area contributed by atoms with Crippen LogP contribution in [0.1, 0.15) is 36.9 Å². The highest BCUT2D eigenvalue weighted by Crippen LogP contribution is 2.32. The van der Waals surface area contributed by atoms with Crippen LogP contribution < -0.4 is 11.1 Å². The Bertz CT molecular complexity index is 431. The van der Waals surface area contributed by atoms with Crippen molar-refractivity contribution < 1.29 is 9.18 Å². The van der Waals surface area contributed by atoms with E-state index >= 15 is 0 Å². The van der Waals surface area contributed by atoms with Crippen molar-refractivity contribution in [2.45, 2.75) is 32.2 Å². The second-order valence-corrected chi connectivity index (χ2v) is 4.09. The molecular formula is C12H15FN2O. The summed E-state index contributed by atoms with van der Waals surface area (Å²) in [5.41, 5.74) is 8.17. The van der Waals surface area contributed by atoms with Gasteiger partial charge in [-0.05, 0) is 36.1 Å². The zero-order chi connectivity index (χ0) is 11.7. The van der Waals surface area contributed by atoms with Gasteiger partial charge in [0.1, 0.15) is 5.82 Å². The quantitative estimate of drug-likeness (QED) is 0.805. The van der Waals surface area contributed by atoms with Crippen LogP contribution in [0.2, 0.25) is 0 Å². The van der Waals surface area contributed by atoms with Gasteiger partial charge in [-0.2, -0.15) is 0 Å². The molecule has 1 aromatic rings. The normalized spacial score (nSPS) is 16.6. The molecule has 0 saturated carbocycles. The predicted molar refractivity (Wildman–Crippen MR) is 60.6 cm³/mol. The van der Waals surface area contributed by atoms with Crippen molar-refractivity contribution in [3.8, 4) is 0 Å². The monoisotopic (exact) mass is 222 g/mol. The first-order valence-electron chi connectivity index (χ1n) is 5.49. The number of anilines is 1. The first-order chi connectivity index (χ1) is 7.61. The highest BCUT2D eigenvalue weighted by atomic mass is 19.1. The minimum Gasteiger partial charge on any atom is -0.326 e. The smallest absolute Gasteiger partial charge is 0.224 e. The fourth-order valence-corrected chi connectivity index (χ4v) is 2.00. The lowest BCUT2D eigenvalue weighted by atomic mass is 9.94. The van der Waals surface area contributed by atoms with Gasteiger partial charge in [-0.3, -0.25) is 4.79 Å². The highest BCUT2D eigenvalue weighted by molar-refractivity contribution is 5.94. The van der Waals surface area contributed by atoms with Gasteiger partial charge in [-0.1, -0.05) is 6.92 Å². The van der Waals surface area contributed by atoms with Crippen LogP contribution in [-0.4, -0.2) is 5.91 Å². The Hall–Kier alpha value is -1.42. The topological polar surface area (TPSA) is 55.1 Å². The largest absolute Gasteiger partial charge is 0.326 e. The number of hydrogen-bond donors (Lipinski definition) is 2. The van der Waals surface area contributed by atoms with E-state index in [1.165, 1.54) is 12.1 Å². The molecule has 0 aromatic heterocycles. The van der Waals surface area contributed by atoms with E-state index in [0.29, 0.717) is 30.5 Å². The number of nitrogens with two attached hydrogens (primary N) is 1. The lowest BCUT2D eigenvalue weighted by molar-refractivity contribution is -0.116. The number of halogens is 1. The van der Waals surface area contributed by atoms with Gasteiger partial charge >= 0.3 is 0 Å². The van der Waals surface area contributed by atoms with Crippen LogP contribution in [0, 0.1) is 5.82 Å². The Morgan fingerprint density at radius 3 is 2.94 bits per heavy atom. The summed E-state index contributed by atoms with van der Waals surface area (Å²) in [6.07, 6.45) is 1.71. The highest BCUT2D eigenvalue weighted by Gasteiger charge is 2.21. The van der Waals surface area contributed by atoms with Gasteiger partial charge in [0, 0.05) is 18.2 Å². The van der Waals surface area contributed by atoms with Crippen molar-refractivity contribution in [1.82, 2.24) is 0 Å². The summed E-state index contributed by atoms with van der Waals surface area (Å²) in [6.45, 7) is 1.94. The standard InChI is InChI=1S/C12H15FN2O/c1-2-10(14)9-6-8(13)5-7-3-4-11(16)15-12(7)9/h5-6,10H,2-4,14H2,1H3,(H,15,16). The maximum atomic E-state index is 13.4. The zero-order valence-electron chi connectivity index (χ0n) is 9.22. The number of benzene rings is 1. The fourth-order valence-electron chi connectivity index (χ4n) is 2.00. The second kappa shape index (κ2) is 4.22. The molecule has 0 fully saturated rings. The Kier molecular flexibility index (Phi) is 2.92. The first-order valence-corrected chi connectivity index (χ1v) is 5.49. The molecule has 1 aliphatic rings. The molecule has 1 unspecified atom stereocenters. The van der Waals surface area contributed by atoms with Crippen molar-refractivity contribution in [2.24, 2.45) is 5.73 Å². The van der Waals surface area contributed by atoms with Crippen molar-refractivity contribution in [3.63, 3.8) is 0 Å². The molecule has 0 bridgehead atoms. The van der Waals surface area contributed by atoms with Crippen LogP contribution in [0.15, 0.2) is 12.1 Å². The second-order valence-electron chi connectivity index (χ2n) is 4.09. The molecule has 0 aliphatic carbocycles. The average molecular weight is 222 g/mol. The molecule has 1 atom stereocenters. The molecule has 1 amide bonds. The summed E-state index contributed by atoms with van der Waals surface area (Å²) in [5, 5.41) is 2.79. The number of rotatable bonds is 2. The van der Waals surface area contributed by atoms with Gasteiger partial charge in [0.15, 0.2) is 0 Å². The van der Waals surface area contributed by atoms with E-state index in [1.807, 2.05) is 6.92 Å². The number of aryl methyl sites for hydroxylation is 1. The SMILES string of the molecule is CCC(N)c1cc(F)cc2c1NC(=O)CC2. The van der Waals surface area contributed by atoms with Crippen LogP contribution in [0.5, 0.6) is 0 Å². The lowest BCUT2D eigenvalue weighted by Crippen LogP contribution is -2.23. The summed E-state index contributed by atoms with van der Waals surface area (Å²) >= 11 is 0. The molecule has 16 heavy (non-hydrogen) atoms. The van der Waals surface area contributed by atoms with Gasteiger partial charge in [0.05, 0.1) is 0 Å². The molecule has 1 heterocycles. The minimum atomic E-state index is -0.284. The van der Waals surface area contributed by atoms with E-state index in [-0.39, 0.29) is 17.8 Å². The molecule has 2 rings (SSSR count). The van der Waals surface area contributed by atoms with Crippen LogP contribution in [-0.2, 0) is 11.2 Å². The summed E-state index contributed by atoms with van der Waals surface area (Å²) in [6, 6.07) is 2.65. The van der Waals surface area contributed by atoms with E-state index < -0.39 is 0 Å². The summed E-state index contributed by atoms with van der Waals surface area (Å²) in [4.78, 5) is 11.3. The van der Waals surface area contributed by atoms with Gasteiger partial charge in [0.25, 0.3) is 0 Å². The molecule has 0 saturated heterocycles. The third kappa shape index (κ3) is 1.93. The van der Waals surface area contributed by atoms with Crippen LogP contribution in [0.4, 0.5) is 10.1 Å². The number of carbonyl (C=O) groups excluding carboxylic acids is 1. The fraction of sp³-hybridized carbons (Fsp3) is 0.417. The zero-order valence-corrected chi connectivity index (χ0v) is 9.22. The lowest BCUT2D eigenvalue weighted by Gasteiger charge is -2.23. The molecule has 0 radical (unpaired) electrons. The van der Waals surface area contributed by atoms with Gasteiger partial charge in [-0.15, -0.1) is 0 Å². The summed E-state index contributed by atoms with van der Waals surface area (Å²) < 4.78 is 13.4. The van der Waals surface area contributed by atoms with Crippen molar-refractivity contribution in [2.75, 3.05) is 5.32 Å². The number of nitrogens with one attached hydrogen (secondary N) is 1. The Balaban J connectivity index is 2.51. The molecule has 4 heteroatoms. The third-order valence-electron chi connectivity index (χ3n) is 2.94. The van der Waals surface area contributed by atoms with E-state index in [9.17, 15) is 9.18 Å². The maximum absolute atomic E-state index is 13.4. The molecule has 86 valence electrons. The van der Waals surface area contributed by atoms with Gasteiger partial charge < -0.3 is 11.1 Å². The third-order valence-corrected chi connectivity index (χ3v) is 2.94. The minimum absolute atomic E-state index is 0.0244. The first kappa shape index (κ1) is 11.1. The molecule has 1 aromatic carbocycles. The van der Waals surface area contributed by atoms with Gasteiger partial charge in [-0.25, -0.2) is 4.39 Å². The van der Waals surface area contributed by atoms with Crippen molar-refractivity contribution in [3.05, 3.63) is 29.1 Å². The number of amides is 1. The Morgan fingerprint density at radius 2 is 2.25 bits per heavy atom. The molecule has 1 aliphatic heterocycles. The molecular weight excluding hydrogens is 207 g/mol. The van der Waals surface area contributed by atoms with Crippen LogP contribution in [0.25, 0.3) is 0 Å². The predicted octanol–water partition coefficient (Wildman–Crippen LogP) is 2.12. The van der Waals surface area contributed by atoms with E-state index in [0.717, 1.165) is 5.56 Å². The number of fused-ring (bicyclic) bond motifs is 1. The summed E-state index contributed by atoms with van der Waals surface area (Å²) in [7, 11) is 0. The van der Waals surface area contributed by atoms with Crippen molar-refractivity contribution >= 4 is 11.6 Å². The van der Waals surface area contributed by atoms with E-state index in [4.69, 9.17) is 5.73 Å². The molecule has 0 spiro atoms. The van der Waals surface area contributed by atoms with Crippen molar-refractivity contribution in [1.29, 1.82) is 0 Å². The van der Waals surface area contributed by atoms with Gasteiger partial charge in [0.2, 0.25) is 5.91 Å². The van der Waals surface area contributed by atoms with Crippen LogP contribution in [0.3, 0.4) is 0 Å². The van der Waals surface area contributed by atoms with E-state index in [2.05, 4.69) is 5.32 Å². The summed E-state index contributed by atoms with van der Waals surface area (Å²) in [5.74, 6) is -0.308. The average Bonchev–Trinajstić information content (AvgIpc) is 2.27. The molecule has 3 nitrogen and oxygen atoms in total. The molecule has 3 N–H and O–H groups in total. The Morgan fingerprint density at radius 1 is 1.50 bits per heavy atom. The maximum Gasteiger partial charge on any atom is 0.224 e. The number of hydrogen-bond acceptors (Lipinski definition) is 2. The van der Waals surface area contributed by atoms with Crippen LogP contribution >= 0.6 is 0 Å². The van der Waals surface area contributed by atoms with E-state index in [1.54, 1.807) is 0 Å². The number of carbonyl (C=O) groups is 1. The Labute approximate surface area is 93.8 Å².